The number of rotatable bonds is 4. The molecular weight excluding hydrogens is 266 g/mol. The molecule has 1 aliphatic rings. The fourth-order valence-electron chi connectivity index (χ4n) is 2.55. The molecule has 110 valence electrons. The third-order valence-electron chi connectivity index (χ3n) is 3.83. The maximum Gasteiger partial charge on any atom is 0.324 e. The van der Waals surface area contributed by atoms with E-state index in [2.05, 4.69) is 9.55 Å². The van der Waals surface area contributed by atoms with Crippen molar-refractivity contribution in [3.63, 3.8) is 0 Å². The van der Waals surface area contributed by atoms with Gasteiger partial charge in [0.1, 0.15) is 5.82 Å². The molecule has 0 saturated carbocycles. The third-order valence-corrected chi connectivity index (χ3v) is 3.83. The first-order chi connectivity index (χ1) is 10.1. The molecule has 2 heterocycles. The number of urea groups is 1. The highest BCUT2D eigenvalue weighted by atomic mass is 16.2. The van der Waals surface area contributed by atoms with Crippen molar-refractivity contribution < 1.29 is 4.79 Å². The average Bonchev–Trinajstić information content (AvgIpc) is 3.04. The number of carbonyl (C=O) groups excluding carboxylic acids is 1. The van der Waals surface area contributed by atoms with E-state index in [0.717, 1.165) is 24.6 Å². The van der Waals surface area contributed by atoms with Crippen LogP contribution in [0, 0.1) is 6.92 Å². The van der Waals surface area contributed by atoms with E-state index in [1.54, 1.807) is 11.1 Å². The van der Waals surface area contributed by atoms with Crippen molar-refractivity contribution in [3.05, 3.63) is 42.5 Å². The Hall–Kier alpha value is -2.50. The second-order valence-corrected chi connectivity index (χ2v) is 5.18. The summed E-state index contributed by atoms with van der Waals surface area (Å²) in [4.78, 5) is 20.3. The minimum atomic E-state index is 0.0533. The van der Waals surface area contributed by atoms with Gasteiger partial charge in [0.15, 0.2) is 0 Å². The summed E-state index contributed by atoms with van der Waals surface area (Å²) in [6.45, 7) is 4.89. The fourth-order valence-corrected chi connectivity index (χ4v) is 2.55. The Morgan fingerprint density at radius 3 is 2.62 bits per heavy atom. The van der Waals surface area contributed by atoms with Gasteiger partial charge in [0.2, 0.25) is 0 Å². The predicted molar refractivity (Wildman–Crippen MR) is 82.1 cm³/mol. The van der Waals surface area contributed by atoms with Gasteiger partial charge in [-0.2, -0.15) is 0 Å². The molecule has 0 bridgehead atoms. The molecule has 0 spiro atoms. The molecule has 0 atom stereocenters. The number of imidazole rings is 1. The molecule has 1 aromatic heterocycles. The molecule has 6 heteroatoms. The fraction of sp³-hybridized carbons (Fsp3) is 0.333. The number of benzene rings is 1. The predicted octanol–water partition coefficient (Wildman–Crippen LogP) is 1.72. The first kappa shape index (κ1) is 13.5. The van der Waals surface area contributed by atoms with Crippen molar-refractivity contribution in [1.82, 2.24) is 14.5 Å². The van der Waals surface area contributed by atoms with Crippen LogP contribution in [-0.4, -0.2) is 40.1 Å². The SMILES string of the molecule is Cc1nccn1CCN1CCN(c2ccc(N)cc2)C1=O. The van der Waals surface area contributed by atoms with Crippen molar-refractivity contribution in [3.8, 4) is 0 Å². The number of anilines is 2. The smallest absolute Gasteiger partial charge is 0.324 e. The molecule has 1 aliphatic heterocycles. The normalized spacial score (nSPS) is 15.0. The van der Waals surface area contributed by atoms with Crippen LogP contribution in [0.1, 0.15) is 5.82 Å². The Morgan fingerprint density at radius 1 is 1.19 bits per heavy atom. The van der Waals surface area contributed by atoms with Crippen LogP contribution >= 0.6 is 0 Å². The summed E-state index contributed by atoms with van der Waals surface area (Å²) in [5, 5.41) is 0. The van der Waals surface area contributed by atoms with Gasteiger partial charge in [-0.15, -0.1) is 0 Å². The summed E-state index contributed by atoms with van der Waals surface area (Å²) in [6.07, 6.45) is 3.72. The van der Waals surface area contributed by atoms with Gasteiger partial charge in [-0.25, -0.2) is 9.78 Å². The molecule has 0 aliphatic carbocycles. The number of nitrogens with two attached hydrogens (primary N) is 1. The van der Waals surface area contributed by atoms with Crippen molar-refractivity contribution in [2.24, 2.45) is 0 Å². The van der Waals surface area contributed by atoms with Gasteiger partial charge in [-0.05, 0) is 31.2 Å². The van der Waals surface area contributed by atoms with E-state index in [-0.39, 0.29) is 6.03 Å². The number of nitrogens with zero attached hydrogens (tertiary/aromatic N) is 4. The van der Waals surface area contributed by atoms with Gasteiger partial charge >= 0.3 is 6.03 Å². The number of hydrogen-bond acceptors (Lipinski definition) is 3. The number of aromatic nitrogens is 2. The van der Waals surface area contributed by atoms with E-state index in [1.165, 1.54) is 0 Å². The second kappa shape index (κ2) is 5.47. The van der Waals surface area contributed by atoms with E-state index in [1.807, 2.05) is 42.3 Å². The lowest BCUT2D eigenvalue weighted by molar-refractivity contribution is 0.218. The lowest BCUT2D eigenvalue weighted by atomic mass is 10.2. The quantitative estimate of drug-likeness (QED) is 0.870. The monoisotopic (exact) mass is 285 g/mol. The van der Waals surface area contributed by atoms with Crippen LogP contribution in [0.2, 0.25) is 0 Å². The summed E-state index contributed by atoms with van der Waals surface area (Å²) >= 11 is 0. The minimum absolute atomic E-state index is 0.0533. The molecule has 2 N–H and O–H groups in total. The molecule has 2 amide bonds. The van der Waals surface area contributed by atoms with E-state index in [0.29, 0.717) is 18.8 Å². The molecule has 1 saturated heterocycles. The molecule has 3 rings (SSSR count). The van der Waals surface area contributed by atoms with E-state index in [4.69, 9.17) is 5.73 Å². The maximum absolute atomic E-state index is 12.4. The number of carbonyl (C=O) groups is 1. The highest BCUT2D eigenvalue weighted by molar-refractivity contribution is 5.94. The lowest BCUT2D eigenvalue weighted by Crippen LogP contribution is -2.33. The largest absolute Gasteiger partial charge is 0.399 e. The Labute approximate surface area is 123 Å². The maximum atomic E-state index is 12.4. The molecule has 0 unspecified atom stereocenters. The Kier molecular flexibility index (Phi) is 3.51. The Balaban J connectivity index is 1.63. The highest BCUT2D eigenvalue weighted by Crippen LogP contribution is 2.21. The van der Waals surface area contributed by atoms with E-state index >= 15 is 0 Å². The van der Waals surface area contributed by atoms with Crippen molar-refractivity contribution >= 4 is 17.4 Å². The lowest BCUT2D eigenvalue weighted by Gasteiger charge is -2.19. The van der Waals surface area contributed by atoms with Crippen molar-refractivity contribution in [2.75, 3.05) is 30.3 Å². The van der Waals surface area contributed by atoms with Crippen LogP contribution in [0.5, 0.6) is 0 Å². The summed E-state index contributed by atoms with van der Waals surface area (Å²) in [7, 11) is 0. The molecule has 1 fully saturated rings. The summed E-state index contributed by atoms with van der Waals surface area (Å²) in [6, 6.07) is 7.46. The highest BCUT2D eigenvalue weighted by Gasteiger charge is 2.29. The first-order valence-electron chi connectivity index (χ1n) is 7.05. The van der Waals surface area contributed by atoms with Crippen LogP contribution in [0.3, 0.4) is 0 Å². The Morgan fingerprint density at radius 2 is 1.95 bits per heavy atom. The average molecular weight is 285 g/mol. The first-order valence-corrected chi connectivity index (χ1v) is 7.05. The molecular formula is C15H19N5O. The topological polar surface area (TPSA) is 67.4 Å². The van der Waals surface area contributed by atoms with Crippen molar-refractivity contribution in [2.45, 2.75) is 13.5 Å². The summed E-state index contributed by atoms with van der Waals surface area (Å²) in [5.41, 5.74) is 7.29. The van der Waals surface area contributed by atoms with Crippen molar-refractivity contribution in [1.29, 1.82) is 0 Å². The number of nitrogen functional groups attached to an aromatic ring is 1. The van der Waals surface area contributed by atoms with Crippen LogP contribution in [0.4, 0.5) is 16.2 Å². The minimum Gasteiger partial charge on any atom is -0.399 e. The zero-order valence-electron chi connectivity index (χ0n) is 12.1. The van der Waals surface area contributed by atoms with Gasteiger partial charge in [0, 0.05) is 49.9 Å². The van der Waals surface area contributed by atoms with Crippen LogP contribution < -0.4 is 10.6 Å². The Bertz CT molecular complexity index is 634. The zero-order valence-corrected chi connectivity index (χ0v) is 12.1. The molecule has 1 aromatic carbocycles. The number of hydrogen-bond donors (Lipinski definition) is 1. The summed E-state index contributed by atoms with van der Waals surface area (Å²) in [5.74, 6) is 0.969. The number of aryl methyl sites for hydroxylation is 1. The standard InChI is InChI=1S/C15H19N5O/c1-12-17-6-7-18(12)8-9-19-10-11-20(15(19)21)14-4-2-13(16)3-5-14/h2-7H,8-11,16H2,1H3. The molecule has 2 aromatic rings. The summed E-state index contributed by atoms with van der Waals surface area (Å²) < 4.78 is 2.05. The molecule has 21 heavy (non-hydrogen) atoms. The van der Waals surface area contributed by atoms with Gasteiger partial charge in [-0.1, -0.05) is 0 Å². The van der Waals surface area contributed by atoms with Crippen LogP contribution in [0.15, 0.2) is 36.7 Å². The van der Waals surface area contributed by atoms with Gasteiger partial charge in [0.05, 0.1) is 0 Å². The van der Waals surface area contributed by atoms with Crippen LogP contribution in [0.25, 0.3) is 0 Å². The van der Waals surface area contributed by atoms with E-state index in [9.17, 15) is 4.79 Å². The second-order valence-electron chi connectivity index (χ2n) is 5.18. The van der Waals surface area contributed by atoms with Gasteiger partial charge in [0.25, 0.3) is 0 Å². The third kappa shape index (κ3) is 2.69. The number of amides is 2. The van der Waals surface area contributed by atoms with Gasteiger partial charge in [-0.3, -0.25) is 4.90 Å². The van der Waals surface area contributed by atoms with E-state index < -0.39 is 0 Å². The van der Waals surface area contributed by atoms with Crippen LogP contribution in [-0.2, 0) is 6.54 Å². The molecule has 0 radical (unpaired) electrons. The van der Waals surface area contributed by atoms with Gasteiger partial charge < -0.3 is 15.2 Å². The zero-order chi connectivity index (χ0) is 14.8. The molecule has 6 nitrogen and oxygen atoms in total.